The molecule has 0 atom stereocenters. The molecule has 120 valence electrons. The largest absolute Gasteiger partial charge is 0.495 e. The summed E-state index contributed by atoms with van der Waals surface area (Å²) in [6.45, 7) is 4.01. The minimum atomic E-state index is 0. The molecule has 1 aromatic heterocycles. The second-order valence-corrected chi connectivity index (χ2v) is 4.83. The summed E-state index contributed by atoms with van der Waals surface area (Å²) in [5.74, 6) is 2.17. The van der Waals surface area contributed by atoms with Crippen molar-refractivity contribution in [2.75, 3.05) is 12.4 Å². The smallest absolute Gasteiger partial charge is 0.216 e. The quantitative estimate of drug-likeness (QED) is 0.435. The Hall–Kier alpha value is -1.48. The highest BCUT2D eigenvalue weighted by Crippen LogP contribution is 2.27. The van der Waals surface area contributed by atoms with Crippen LogP contribution in [0.2, 0.25) is 5.02 Å². The van der Waals surface area contributed by atoms with E-state index in [2.05, 4.69) is 15.3 Å². The van der Waals surface area contributed by atoms with Crippen LogP contribution in [0.25, 0.3) is 0 Å². The average Bonchev–Trinajstić information content (AvgIpc) is 2.76. The molecule has 1 heterocycles. The Morgan fingerprint density at radius 3 is 2.73 bits per heavy atom. The molecule has 0 saturated heterocycles. The van der Waals surface area contributed by atoms with E-state index in [1.165, 1.54) is 0 Å². The van der Waals surface area contributed by atoms with Crippen LogP contribution in [0, 0.1) is 13.8 Å². The van der Waals surface area contributed by atoms with Crippen LogP contribution in [0.15, 0.2) is 27.6 Å². The highest BCUT2D eigenvalue weighted by molar-refractivity contribution is 14.0. The average molecular weight is 437 g/mol. The second kappa shape index (κ2) is 8.23. The molecule has 0 aliphatic carbocycles. The number of nitrogens with two attached hydrogens (primary N) is 1. The number of anilines is 1. The van der Waals surface area contributed by atoms with E-state index in [1.54, 1.807) is 25.3 Å². The lowest BCUT2D eigenvalue weighted by atomic mass is 10.3. The molecule has 22 heavy (non-hydrogen) atoms. The maximum Gasteiger partial charge on any atom is 0.216 e. The zero-order valence-electron chi connectivity index (χ0n) is 12.5. The standard InChI is InChI=1S/C14H17ClN4O2.HI/c1-8-9(2)21-13(18-8)7-17-14(16)19-10-4-5-12(20-3)11(15)6-10;/h4-6H,7H2,1-3H3,(H3,16,17,19);1H. The molecule has 2 rings (SSSR count). The number of hydrogen-bond donors (Lipinski definition) is 2. The maximum atomic E-state index is 6.04. The van der Waals surface area contributed by atoms with Crippen molar-refractivity contribution in [1.29, 1.82) is 0 Å². The Kier molecular flexibility index (Phi) is 6.95. The van der Waals surface area contributed by atoms with Gasteiger partial charge in [0.25, 0.3) is 0 Å². The first-order valence-electron chi connectivity index (χ1n) is 6.33. The monoisotopic (exact) mass is 436 g/mol. The summed E-state index contributed by atoms with van der Waals surface area (Å²) in [7, 11) is 1.56. The molecule has 6 nitrogen and oxygen atoms in total. The molecule has 0 fully saturated rings. The number of guanidine groups is 1. The van der Waals surface area contributed by atoms with Gasteiger partial charge in [0.2, 0.25) is 5.89 Å². The minimum absolute atomic E-state index is 0. The van der Waals surface area contributed by atoms with Crippen molar-refractivity contribution in [2.24, 2.45) is 10.7 Å². The van der Waals surface area contributed by atoms with Crippen LogP contribution in [-0.2, 0) is 6.54 Å². The van der Waals surface area contributed by atoms with Crippen LogP contribution < -0.4 is 15.8 Å². The molecule has 3 N–H and O–H groups in total. The van der Waals surface area contributed by atoms with Crippen LogP contribution in [0.3, 0.4) is 0 Å². The van der Waals surface area contributed by atoms with Gasteiger partial charge in [0.05, 0.1) is 17.8 Å². The number of methoxy groups -OCH3 is 1. The zero-order valence-corrected chi connectivity index (χ0v) is 15.6. The van der Waals surface area contributed by atoms with Crippen LogP contribution in [0.4, 0.5) is 5.69 Å². The summed E-state index contributed by atoms with van der Waals surface area (Å²) in [5, 5.41) is 3.44. The summed E-state index contributed by atoms with van der Waals surface area (Å²) >= 11 is 6.04. The first kappa shape index (κ1) is 18.6. The van der Waals surface area contributed by atoms with Gasteiger partial charge in [-0.1, -0.05) is 11.6 Å². The number of benzene rings is 1. The fraction of sp³-hybridized carbons (Fsp3) is 0.286. The molecule has 0 radical (unpaired) electrons. The molecule has 0 saturated carbocycles. The van der Waals surface area contributed by atoms with Gasteiger partial charge in [-0.3, -0.25) is 0 Å². The van der Waals surface area contributed by atoms with Crippen molar-refractivity contribution in [1.82, 2.24) is 4.98 Å². The Balaban J connectivity index is 0.00000242. The predicted octanol–water partition coefficient (Wildman–Crippen LogP) is 3.50. The van der Waals surface area contributed by atoms with E-state index in [0.717, 1.165) is 17.1 Å². The molecular weight excluding hydrogens is 419 g/mol. The van der Waals surface area contributed by atoms with Crippen molar-refractivity contribution in [2.45, 2.75) is 20.4 Å². The summed E-state index contributed by atoms with van der Waals surface area (Å²) in [4.78, 5) is 8.40. The van der Waals surface area contributed by atoms with Crippen molar-refractivity contribution in [3.05, 3.63) is 40.6 Å². The highest BCUT2D eigenvalue weighted by Gasteiger charge is 2.05. The van der Waals surface area contributed by atoms with Gasteiger partial charge < -0.3 is 20.2 Å². The maximum absolute atomic E-state index is 6.04. The summed E-state index contributed by atoms with van der Waals surface area (Å²) in [6, 6.07) is 5.26. The summed E-state index contributed by atoms with van der Waals surface area (Å²) in [5.41, 5.74) is 7.39. The summed E-state index contributed by atoms with van der Waals surface area (Å²) in [6.07, 6.45) is 0. The van der Waals surface area contributed by atoms with E-state index < -0.39 is 0 Å². The SMILES string of the molecule is COc1ccc(NC(N)=NCc2nc(C)c(C)o2)cc1Cl.I. The zero-order chi connectivity index (χ0) is 15.4. The second-order valence-electron chi connectivity index (χ2n) is 4.42. The minimum Gasteiger partial charge on any atom is -0.495 e. The number of aryl methyl sites for hydroxylation is 2. The van der Waals surface area contributed by atoms with Crippen molar-refractivity contribution < 1.29 is 9.15 Å². The van der Waals surface area contributed by atoms with Crippen LogP contribution in [0.1, 0.15) is 17.3 Å². The number of nitrogens with one attached hydrogen (secondary N) is 1. The number of ether oxygens (including phenoxy) is 1. The van der Waals surface area contributed by atoms with Gasteiger partial charge in [0.15, 0.2) is 5.96 Å². The molecule has 1 aromatic carbocycles. The molecule has 0 aliphatic heterocycles. The molecule has 2 aromatic rings. The van der Waals surface area contributed by atoms with Gasteiger partial charge in [-0.25, -0.2) is 9.98 Å². The molecule has 8 heteroatoms. The van der Waals surface area contributed by atoms with Gasteiger partial charge in [-0.15, -0.1) is 24.0 Å². The van der Waals surface area contributed by atoms with E-state index in [-0.39, 0.29) is 36.5 Å². The first-order chi connectivity index (χ1) is 9.99. The predicted molar refractivity (Wildman–Crippen MR) is 98.3 cm³/mol. The molecule has 0 bridgehead atoms. The third-order valence-corrected chi connectivity index (χ3v) is 3.18. The van der Waals surface area contributed by atoms with Crippen LogP contribution >= 0.6 is 35.6 Å². The fourth-order valence-electron chi connectivity index (χ4n) is 1.69. The van der Waals surface area contributed by atoms with Crippen LogP contribution in [-0.4, -0.2) is 18.1 Å². The Bertz CT molecular complexity index is 653. The number of halogens is 2. The van der Waals surface area contributed by atoms with E-state index in [9.17, 15) is 0 Å². The van der Waals surface area contributed by atoms with E-state index in [1.807, 2.05) is 13.8 Å². The lowest BCUT2D eigenvalue weighted by Crippen LogP contribution is -2.22. The van der Waals surface area contributed by atoms with Gasteiger partial charge in [-0.05, 0) is 32.0 Å². The number of rotatable bonds is 4. The van der Waals surface area contributed by atoms with Gasteiger partial charge in [-0.2, -0.15) is 0 Å². The van der Waals surface area contributed by atoms with Crippen LogP contribution in [0.5, 0.6) is 5.75 Å². The van der Waals surface area contributed by atoms with E-state index in [4.69, 9.17) is 26.5 Å². The molecular formula is C14H18ClIN4O2. The number of hydrogen-bond acceptors (Lipinski definition) is 4. The lowest BCUT2D eigenvalue weighted by molar-refractivity contribution is 0.415. The third-order valence-electron chi connectivity index (χ3n) is 2.88. The Morgan fingerprint density at radius 2 is 2.18 bits per heavy atom. The normalized spacial score (nSPS) is 11.0. The molecule has 0 aliphatic rings. The van der Waals surface area contributed by atoms with Crippen molar-refractivity contribution in [3.8, 4) is 5.75 Å². The lowest BCUT2D eigenvalue weighted by Gasteiger charge is -2.08. The summed E-state index contributed by atoms with van der Waals surface area (Å²) < 4.78 is 10.5. The van der Waals surface area contributed by atoms with E-state index in [0.29, 0.717) is 16.7 Å². The van der Waals surface area contributed by atoms with E-state index >= 15 is 0 Å². The third kappa shape index (κ3) is 4.77. The molecule has 0 unspecified atom stereocenters. The van der Waals surface area contributed by atoms with Gasteiger partial charge in [0, 0.05) is 5.69 Å². The number of nitrogens with zero attached hydrogens (tertiary/aromatic N) is 2. The van der Waals surface area contributed by atoms with Crippen molar-refractivity contribution >= 4 is 47.2 Å². The molecule has 0 amide bonds. The number of aromatic nitrogens is 1. The Morgan fingerprint density at radius 1 is 1.45 bits per heavy atom. The fourth-order valence-corrected chi connectivity index (χ4v) is 1.95. The Labute approximate surface area is 151 Å². The molecule has 0 spiro atoms. The topological polar surface area (TPSA) is 85.7 Å². The van der Waals surface area contributed by atoms with Gasteiger partial charge >= 0.3 is 0 Å². The van der Waals surface area contributed by atoms with Gasteiger partial charge in [0.1, 0.15) is 18.1 Å². The number of oxazole rings is 1. The van der Waals surface area contributed by atoms with Crippen molar-refractivity contribution in [3.63, 3.8) is 0 Å². The highest BCUT2D eigenvalue weighted by atomic mass is 127. The first-order valence-corrected chi connectivity index (χ1v) is 6.70. The number of aliphatic imine (C=N–C) groups is 1.